The minimum Gasteiger partial charge on any atom is -0.494 e. The van der Waals surface area contributed by atoms with E-state index in [1.54, 1.807) is 33.3 Å². The van der Waals surface area contributed by atoms with Crippen molar-refractivity contribution < 1.29 is 28.5 Å². The highest BCUT2D eigenvalue weighted by molar-refractivity contribution is 6.00. The van der Waals surface area contributed by atoms with Crippen molar-refractivity contribution in [2.24, 2.45) is 0 Å². The maximum atomic E-state index is 13.5. The fourth-order valence-corrected chi connectivity index (χ4v) is 4.26. The van der Waals surface area contributed by atoms with Crippen LogP contribution in [0, 0.1) is 0 Å². The number of ether oxygens (including phenoxy) is 5. The van der Waals surface area contributed by atoms with Gasteiger partial charge >= 0.3 is 0 Å². The number of aromatic nitrogens is 2. The molecule has 2 aromatic carbocycles. The molecule has 1 atom stereocenters. The molecular formula is C25H29N3O6. The summed E-state index contributed by atoms with van der Waals surface area (Å²) in [6.07, 6.45) is -0.586. The van der Waals surface area contributed by atoms with Crippen LogP contribution in [0.3, 0.4) is 0 Å². The van der Waals surface area contributed by atoms with E-state index in [9.17, 15) is 4.79 Å². The lowest BCUT2D eigenvalue weighted by Crippen LogP contribution is -2.38. The Bertz CT molecular complexity index is 1140. The molecule has 4 rings (SSSR count). The number of nitrogens with one attached hydrogen (secondary N) is 1. The van der Waals surface area contributed by atoms with Crippen LogP contribution in [-0.4, -0.2) is 68.9 Å². The van der Waals surface area contributed by atoms with E-state index in [0.29, 0.717) is 29.5 Å². The van der Waals surface area contributed by atoms with Gasteiger partial charge in [0, 0.05) is 25.3 Å². The van der Waals surface area contributed by atoms with Gasteiger partial charge in [0.2, 0.25) is 0 Å². The van der Waals surface area contributed by atoms with Gasteiger partial charge in [-0.3, -0.25) is 9.89 Å². The van der Waals surface area contributed by atoms with Gasteiger partial charge < -0.3 is 28.6 Å². The minimum atomic E-state index is -0.586. The molecule has 9 nitrogen and oxygen atoms in total. The van der Waals surface area contributed by atoms with Crippen molar-refractivity contribution in [3.8, 4) is 28.5 Å². The van der Waals surface area contributed by atoms with Crippen LogP contribution in [0.4, 0.5) is 0 Å². The van der Waals surface area contributed by atoms with E-state index in [1.807, 2.05) is 49.4 Å². The third-order valence-corrected chi connectivity index (χ3v) is 5.90. The number of carbonyl (C=O) groups is 1. The Kier molecular flexibility index (Phi) is 7.04. The molecule has 0 saturated heterocycles. The van der Waals surface area contributed by atoms with Crippen LogP contribution in [0.15, 0.2) is 42.5 Å². The van der Waals surface area contributed by atoms with Crippen LogP contribution in [0.1, 0.15) is 34.6 Å². The van der Waals surface area contributed by atoms with Gasteiger partial charge in [0.1, 0.15) is 11.4 Å². The summed E-state index contributed by atoms with van der Waals surface area (Å²) in [5.74, 6) is 1.77. The Balaban J connectivity index is 1.83. The summed E-state index contributed by atoms with van der Waals surface area (Å²) in [6, 6.07) is 12.9. The summed E-state index contributed by atoms with van der Waals surface area (Å²) in [5, 5.41) is 7.46. The van der Waals surface area contributed by atoms with Crippen LogP contribution in [0.2, 0.25) is 0 Å². The lowest BCUT2D eigenvalue weighted by Gasteiger charge is -2.29. The summed E-state index contributed by atoms with van der Waals surface area (Å²) < 4.78 is 27.3. The molecule has 2 heterocycles. The first kappa shape index (κ1) is 23.6. The maximum Gasteiger partial charge on any atom is 0.273 e. The Morgan fingerprint density at radius 1 is 1.00 bits per heavy atom. The predicted octanol–water partition coefficient (Wildman–Crippen LogP) is 3.66. The summed E-state index contributed by atoms with van der Waals surface area (Å²) >= 11 is 0. The molecule has 1 amide bonds. The van der Waals surface area contributed by atoms with Gasteiger partial charge in [0.15, 0.2) is 17.8 Å². The summed E-state index contributed by atoms with van der Waals surface area (Å²) in [7, 11) is 6.27. The molecule has 0 aliphatic carbocycles. The van der Waals surface area contributed by atoms with Gasteiger partial charge in [0.25, 0.3) is 5.91 Å². The SMILES string of the molecule is CCOc1ccc(-c2n[nH]c3c2C(c2ccc(OC)c(OC)c2)N(CC(OC)OC)C3=O)cc1. The topological polar surface area (TPSA) is 95.1 Å². The zero-order chi connectivity index (χ0) is 24.2. The van der Waals surface area contributed by atoms with Crippen LogP contribution in [0.5, 0.6) is 17.2 Å². The lowest BCUT2D eigenvalue weighted by atomic mass is 9.95. The maximum absolute atomic E-state index is 13.5. The van der Waals surface area contributed by atoms with Crippen molar-refractivity contribution in [1.82, 2.24) is 15.1 Å². The number of aromatic amines is 1. The summed E-state index contributed by atoms with van der Waals surface area (Å²) in [4.78, 5) is 15.2. The molecule has 1 unspecified atom stereocenters. The predicted molar refractivity (Wildman–Crippen MR) is 125 cm³/mol. The molecule has 9 heteroatoms. The van der Waals surface area contributed by atoms with Crippen molar-refractivity contribution in [1.29, 1.82) is 0 Å². The average molecular weight is 468 g/mol. The number of hydrogen-bond donors (Lipinski definition) is 1. The third kappa shape index (κ3) is 4.20. The van der Waals surface area contributed by atoms with Crippen LogP contribution in [0.25, 0.3) is 11.3 Å². The van der Waals surface area contributed by atoms with Gasteiger partial charge in [0.05, 0.1) is 39.1 Å². The van der Waals surface area contributed by atoms with Crippen LogP contribution in [-0.2, 0) is 9.47 Å². The number of benzene rings is 2. The highest BCUT2D eigenvalue weighted by Gasteiger charge is 2.43. The second-order valence-corrected chi connectivity index (χ2v) is 7.69. The van der Waals surface area contributed by atoms with E-state index < -0.39 is 12.3 Å². The lowest BCUT2D eigenvalue weighted by molar-refractivity contribution is -0.113. The van der Waals surface area contributed by atoms with E-state index in [0.717, 1.165) is 22.4 Å². The fourth-order valence-electron chi connectivity index (χ4n) is 4.26. The highest BCUT2D eigenvalue weighted by atomic mass is 16.7. The molecule has 1 aliphatic rings. The number of rotatable bonds is 10. The van der Waals surface area contributed by atoms with Crippen molar-refractivity contribution in [3.63, 3.8) is 0 Å². The smallest absolute Gasteiger partial charge is 0.273 e. The van der Waals surface area contributed by atoms with Crippen molar-refractivity contribution >= 4 is 5.91 Å². The molecule has 0 saturated carbocycles. The number of carbonyl (C=O) groups excluding carboxylic acids is 1. The van der Waals surface area contributed by atoms with E-state index in [2.05, 4.69) is 10.2 Å². The van der Waals surface area contributed by atoms with E-state index in [-0.39, 0.29) is 12.5 Å². The van der Waals surface area contributed by atoms with Gasteiger partial charge in [-0.05, 0) is 48.9 Å². The number of nitrogens with zero attached hydrogens (tertiary/aromatic N) is 2. The normalized spacial score (nSPS) is 15.1. The van der Waals surface area contributed by atoms with Crippen LogP contribution >= 0.6 is 0 Å². The van der Waals surface area contributed by atoms with Crippen molar-refractivity contribution in [3.05, 3.63) is 59.3 Å². The highest BCUT2D eigenvalue weighted by Crippen LogP contribution is 2.44. The Morgan fingerprint density at radius 2 is 1.71 bits per heavy atom. The zero-order valence-electron chi connectivity index (χ0n) is 20.0. The Morgan fingerprint density at radius 3 is 2.32 bits per heavy atom. The standard InChI is InChI=1S/C25H29N3O6/c1-6-34-17-10-7-15(8-11-17)22-21-23(27-26-22)25(29)28(14-20(32-4)33-5)24(21)16-9-12-18(30-2)19(13-16)31-3/h7-13,20,24H,6,14H2,1-5H3,(H,26,27). The Labute approximate surface area is 198 Å². The first-order chi connectivity index (χ1) is 16.6. The third-order valence-electron chi connectivity index (χ3n) is 5.90. The van der Waals surface area contributed by atoms with Crippen LogP contribution < -0.4 is 14.2 Å². The number of H-pyrrole nitrogens is 1. The molecule has 1 aromatic heterocycles. The molecule has 34 heavy (non-hydrogen) atoms. The van der Waals surface area contributed by atoms with Gasteiger partial charge in [-0.25, -0.2) is 0 Å². The van der Waals surface area contributed by atoms with Gasteiger partial charge in [-0.15, -0.1) is 0 Å². The number of methoxy groups -OCH3 is 4. The molecular weight excluding hydrogens is 438 g/mol. The second-order valence-electron chi connectivity index (χ2n) is 7.69. The van der Waals surface area contributed by atoms with Gasteiger partial charge in [-0.2, -0.15) is 5.10 Å². The van der Waals surface area contributed by atoms with E-state index in [1.165, 1.54) is 0 Å². The summed E-state index contributed by atoms with van der Waals surface area (Å²) in [5.41, 5.74) is 3.64. The minimum absolute atomic E-state index is 0.182. The van der Waals surface area contributed by atoms with E-state index in [4.69, 9.17) is 23.7 Å². The molecule has 1 N–H and O–H groups in total. The molecule has 1 aliphatic heterocycles. The number of fused-ring (bicyclic) bond motifs is 1. The quantitative estimate of drug-likeness (QED) is 0.455. The zero-order valence-corrected chi connectivity index (χ0v) is 20.0. The molecule has 0 bridgehead atoms. The molecule has 0 spiro atoms. The molecule has 3 aromatic rings. The van der Waals surface area contributed by atoms with E-state index >= 15 is 0 Å². The number of amides is 1. The molecule has 0 radical (unpaired) electrons. The van der Waals surface area contributed by atoms with Crippen molar-refractivity contribution in [2.75, 3.05) is 41.6 Å². The first-order valence-corrected chi connectivity index (χ1v) is 11.0. The van der Waals surface area contributed by atoms with Crippen molar-refractivity contribution in [2.45, 2.75) is 19.3 Å². The average Bonchev–Trinajstić information content (AvgIpc) is 3.41. The number of hydrogen-bond acceptors (Lipinski definition) is 7. The van der Waals surface area contributed by atoms with Gasteiger partial charge in [-0.1, -0.05) is 6.07 Å². The second kappa shape index (κ2) is 10.1. The molecule has 180 valence electrons. The molecule has 0 fully saturated rings. The first-order valence-electron chi connectivity index (χ1n) is 11.0. The Hall–Kier alpha value is -3.56. The largest absolute Gasteiger partial charge is 0.494 e. The monoisotopic (exact) mass is 467 g/mol. The fraction of sp³-hybridized carbons (Fsp3) is 0.360. The summed E-state index contributed by atoms with van der Waals surface area (Å²) in [6.45, 7) is 2.76.